The molecule has 1 saturated heterocycles. The van der Waals surface area contributed by atoms with Crippen molar-refractivity contribution in [2.75, 3.05) is 26.7 Å². The van der Waals surface area contributed by atoms with E-state index in [4.69, 9.17) is 4.42 Å². The molecule has 26 heavy (non-hydrogen) atoms. The number of aromatic nitrogens is 3. The maximum absolute atomic E-state index is 5.31. The summed E-state index contributed by atoms with van der Waals surface area (Å²) in [6.07, 6.45) is 6.46. The molecule has 0 radical (unpaired) electrons. The number of aliphatic imine (C=N–C) groups is 1. The van der Waals surface area contributed by atoms with Crippen molar-refractivity contribution in [3.63, 3.8) is 0 Å². The molecule has 0 aliphatic carbocycles. The van der Waals surface area contributed by atoms with Crippen molar-refractivity contribution in [2.24, 2.45) is 4.99 Å². The van der Waals surface area contributed by atoms with E-state index in [9.17, 15) is 0 Å². The van der Waals surface area contributed by atoms with E-state index >= 15 is 0 Å². The Balaban J connectivity index is 1.43. The summed E-state index contributed by atoms with van der Waals surface area (Å²) in [6.45, 7) is 6.31. The lowest BCUT2D eigenvalue weighted by molar-refractivity contribution is 0.203. The molecule has 2 aromatic rings. The van der Waals surface area contributed by atoms with Crippen molar-refractivity contribution < 1.29 is 4.42 Å². The molecule has 0 unspecified atom stereocenters. The number of piperidine rings is 1. The lowest BCUT2D eigenvalue weighted by Crippen LogP contribution is -2.48. The molecular formula is C18H29N7O. The molecule has 0 aromatic carbocycles. The van der Waals surface area contributed by atoms with E-state index < -0.39 is 0 Å². The Morgan fingerprint density at radius 3 is 2.96 bits per heavy atom. The fourth-order valence-corrected chi connectivity index (χ4v) is 3.13. The van der Waals surface area contributed by atoms with Gasteiger partial charge in [0, 0.05) is 26.2 Å². The molecule has 3 heterocycles. The molecule has 0 atom stereocenters. The normalized spacial score (nSPS) is 16.8. The number of H-pyrrole nitrogens is 1. The van der Waals surface area contributed by atoms with Crippen LogP contribution in [0, 0.1) is 0 Å². The second-order valence-corrected chi connectivity index (χ2v) is 6.62. The third-order valence-corrected chi connectivity index (χ3v) is 4.68. The van der Waals surface area contributed by atoms with Crippen molar-refractivity contribution in [1.29, 1.82) is 0 Å². The van der Waals surface area contributed by atoms with E-state index in [2.05, 4.69) is 42.6 Å². The van der Waals surface area contributed by atoms with Gasteiger partial charge in [0.05, 0.1) is 12.8 Å². The molecule has 0 amide bonds. The Labute approximate surface area is 154 Å². The van der Waals surface area contributed by atoms with Gasteiger partial charge in [-0.1, -0.05) is 13.3 Å². The molecule has 3 rings (SSSR count). The Hall–Kier alpha value is -2.35. The van der Waals surface area contributed by atoms with Gasteiger partial charge in [-0.25, -0.2) is 4.98 Å². The number of hydrogen-bond acceptors (Lipinski definition) is 5. The smallest absolute Gasteiger partial charge is 0.216 e. The summed E-state index contributed by atoms with van der Waals surface area (Å²) < 4.78 is 5.31. The number of nitrogens with zero attached hydrogens (tertiary/aromatic N) is 4. The topological polar surface area (TPSA) is 94.4 Å². The lowest BCUT2D eigenvalue weighted by atomic mass is 10.0. The molecule has 0 bridgehead atoms. The summed E-state index contributed by atoms with van der Waals surface area (Å²) in [6, 6.07) is 4.13. The van der Waals surface area contributed by atoms with Crippen LogP contribution in [-0.2, 0) is 6.54 Å². The van der Waals surface area contributed by atoms with Gasteiger partial charge in [-0.15, -0.1) is 5.10 Å². The monoisotopic (exact) mass is 359 g/mol. The number of hydrogen-bond donors (Lipinski definition) is 3. The van der Waals surface area contributed by atoms with Crippen LogP contribution in [0.15, 0.2) is 27.8 Å². The number of furan rings is 1. The molecule has 3 N–H and O–H groups in total. The van der Waals surface area contributed by atoms with E-state index in [1.165, 1.54) is 19.4 Å². The SMILES string of the molecule is CCCCN1CCC(NC(=NC)NCc2nc(-c3ccco3)n[nH]2)CC1. The molecule has 8 nitrogen and oxygen atoms in total. The summed E-state index contributed by atoms with van der Waals surface area (Å²) in [4.78, 5) is 11.3. The lowest BCUT2D eigenvalue weighted by Gasteiger charge is -2.33. The summed E-state index contributed by atoms with van der Waals surface area (Å²) in [7, 11) is 1.79. The molecule has 1 fully saturated rings. The highest BCUT2D eigenvalue weighted by molar-refractivity contribution is 5.79. The van der Waals surface area contributed by atoms with Gasteiger partial charge < -0.3 is 20.0 Å². The average molecular weight is 359 g/mol. The van der Waals surface area contributed by atoms with E-state index in [0.717, 1.165) is 37.7 Å². The van der Waals surface area contributed by atoms with Crippen molar-refractivity contribution in [2.45, 2.75) is 45.2 Å². The molecule has 1 aliphatic heterocycles. The van der Waals surface area contributed by atoms with Crippen molar-refractivity contribution in [1.82, 2.24) is 30.7 Å². The number of rotatable bonds is 7. The number of guanidine groups is 1. The van der Waals surface area contributed by atoms with Gasteiger partial charge in [0.2, 0.25) is 5.82 Å². The molecule has 0 spiro atoms. The predicted molar refractivity (Wildman–Crippen MR) is 102 cm³/mol. The zero-order chi connectivity index (χ0) is 18.2. The highest BCUT2D eigenvalue weighted by atomic mass is 16.3. The van der Waals surface area contributed by atoms with Gasteiger partial charge in [0.15, 0.2) is 11.7 Å². The average Bonchev–Trinajstić information content (AvgIpc) is 3.35. The quantitative estimate of drug-likeness (QED) is 0.517. The second-order valence-electron chi connectivity index (χ2n) is 6.62. The van der Waals surface area contributed by atoms with Gasteiger partial charge in [-0.3, -0.25) is 10.1 Å². The first-order chi connectivity index (χ1) is 12.8. The fourth-order valence-electron chi connectivity index (χ4n) is 3.13. The van der Waals surface area contributed by atoms with Crippen molar-refractivity contribution >= 4 is 5.96 Å². The van der Waals surface area contributed by atoms with Crippen LogP contribution >= 0.6 is 0 Å². The van der Waals surface area contributed by atoms with E-state index in [1.54, 1.807) is 13.3 Å². The number of aromatic amines is 1. The van der Waals surface area contributed by atoms with Gasteiger partial charge >= 0.3 is 0 Å². The Morgan fingerprint density at radius 1 is 1.42 bits per heavy atom. The van der Waals surface area contributed by atoms with Crippen molar-refractivity contribution in [3.05, 3.63) is 24.2 Å². The third-order valence-electron chi connectivity index (χ3n) is 4.68. The summed E-state index contributed by atoms with van der Waals surface area (Å²) >= 11 is 0. The van der Waals surface area contributed by atoms with E-state index in [1.807, 2.05) is 12.1 Å². The minimum Gasteiger partial charge on any atom is -0.461 e. The first-order valence-corrected chi connectivity index (χ1v) is 9.43. The summed E-state index contributed by atoms with van der Waals surface area (Å²) in [5.74, 6) is 2.76. The molecule has 142 valence electrons. The van der Waals surface area contributed by atoms with E-state index in [0.29, 0.717) is 24.2 Å². The third kappa shape index (κ3) is 5.08. The van der Waals surface area contributed by atoms with Crippen LogP contribution in [0.2, 0.25) is 0 Å². The van der Waals surface area contributed by atoms with Gasteiger partial charge in [-0.05, 0) is 37.9 Å². The summed E-state index contributed by atoms with van der Waals surface area (Å²) in [5, 5.41) is 13.9. The summed E-state index contributed by atoms with van der Waals surface area (Å²) in [5.41, 5.74) is 0. The maximum atomic E-state index is 5.31. The van der Waals surface area contributed by atoms with Gasteiger partial charge in [-0.2, -0.15) is 0 Å². The molecule has 0 saturated carbocycles. The van der Waals surface area contributed by atoms with Crippen LogP contribution in [0.5, 0.6) is 0 Å². The minimum absolute atomic E-state index is 0.465. The predicted octanol–water partition coefficient (Wildman–Crippen LogP) is 1.99. The van der Waals surface area contributed by atoms with Crippen LogP contribution in [0.25, 0.3) is 11.6 Å². The molecule has 2 aromatic heterocycles. The Bertz CT molecular complexity index is 672. The second kappa shape index (κ2) is 9.38. The Morgan fingerprint density at radius 2 is 2.27 bits per heavy atom. The highest BCUT2D eigenvalue weighted by Gasteiger charge is 2.19. The zero-order valence-electron chi connectivity index (χ0n) is 15.7. The van der Waals surface area contributed by atoms with Crippen LogP contribution in [0.1, 0.15) is 38.4 Å². The molecule has 1 aliphatic rings. The highest BCUT2D eigenvalue weighted by Crippen LogP contribution is 2.14. The molecular weight excluding hydrogens is 330 g/mol. The van der Waals surface area contributed by atoms with Crippen LogP contribution in [0.3, 0.4) is 0 Å². The standard InChI is InChI=1S/C18H29N7O/c1-3-4-9-25-10-7-14(8-11-25)21-18(19-2)20-13-16-22-17(24-23-16)15-6-5-12-26-15/h5-6,12,14H,3-4,7-11,13H2,1-2H3,(H2,19,20,21)(H,22,23,24). The van der Waals surface area contributed by atoms with Crippen LogP contribution in [-0.4, -0.2) is 58.8 Å². The molecule has 8 heteroatoms. The zero-order valence-corrected chi connectivity index (χ0v) is 15.7. The largest absolute Gasteiger partial charge is 0.461 e. The van der Waals surface area contributed by atoms with Crippen LogP contribution < -0.4 is 10.6 Å². The van der Waals surface area contributed by atoms with Gasteiger partial charge in [0.1, 0.15) is 5.82 Å². The number of unbranched alkanes of at least 4 members (excludes halogenated alkanes) is 1. The van der Waals surface area contributed by atoms with Crippen LogP contribution in [0.4, 0.5) is 0 Å². The first kappa shape index (κ1) is 18.4. The maximum Gasteiger partial charge on any atom is 0.216 e. The minimum atomic E-state index is 0.465. The first-order valence-electron chi connectivity index (χ1n) is 9.43. The van der Waals surface area contributed by atoms with Crippen molar-refractivity contribution in [3.8, 4) is 11.6 Å². The fraction of sp³-hybridized carbons (Fsp3) is 0.611. The number of nitrogens with one attached hydrogen (secondary N) is 3. The Kier molecular flexibility index (Phi) is 6.65. The number of likely N-dealkylation sites (tertiary alicyclic amines) is 1. The van der Waals surface area contributed by atoms with Gasteiger partial charge in [0.25, 0.3) is 0 Å². The van der Waals surface area contributed by atoms with E-state index in [-0.39, 0.29) is 0 Å².